The zero-order valence-electron chi connectivity index (χ0n) is 15.9. The third-order valence-corrected chi connectivity index (χ3v) is 5.86. The lowest BCUT2D eigenvalue weighted by Gasteiger charge is -2.32. The molecule has 2 aromatic rings. The van der Waals surface area contributed by atoms with Crippen LogP contribution in [0.5, 0.6) is 0 Å². The molecule has 1 aromatic heterocycles. The molecule has 4 nitrogen and oxygen atoms in total. The van der Waals surface area contributed by atoms with Crippen molar-refractivity contribution in [3.8, 4) is 10.6 Å². The van der Waals surface area contributed by atoms with Crippen molar-refractivity contribution in [2.75, 3.05) is 26.7 Å². The zero-order chi connectivity index (χ0) is 17.6. The normalized spacial score (nSPS) is 14.4. The van der Waals surface area contributed by atoms with E-state index in [2.05, 4.69) is 41.5 Å². The number of hydrogen-bond acceptors (Lipinski definition) is 4. The van der Waals surface area contributed by atoms with Gasteiger partial charge in [0.2, 0.25) is 5.91 Å². The molecule has 0 spiro atoms. The fourth-order valence-electron chi connectivity index (χ4n) is 3.39. The van der Waals surface area contributed by atoms with E-state index in [0.29, 0.717) is 6.42 Å². The van der Waals surface area contributed by atoms with Gasteiger partial charge < -0.3 is 10.2 Å². The number of nitrogens with one attached hydrogen (secondary N) is 1. The monoisotopic (exact) mass is 429 g/mol. The van der Waals surface area contributed by atoms with Crippen LogP contribution in [-0.2, 0) is 11.2 Å². The van der Waals surface area contributed by atoms with Crippen molar-refractivity contribution in [1.82, 2.24) is 15.2 Å². The molecule has 1 fully saturated rings. The smallest absolute Gasteiger partial charge is 0.228 e. The number of benzene rings is 1. The second-order valence-electron chi connectivity index (χ2n) is 6.91. The second-order valence-corrected chi connectivity index (χ2v) is 7.76. The SMILES string of the molecule is CNCCC1CCN(C(=O)Cc2csc(-c3cccc(C)c3)n2)CC1.Cl.Cl. The lowest BCUT2D eigenvalue weighted by Crippen LogP contribution is -2.39. The fourth-order valence-corrected chi connectivity index (χ4v) is 4.20. The highest BCUT2D eigenvalue weighted by Crippen LogP contribution is 2.25. The molecule has 7 heteroatoms. The van der Waals surface area contributed by atoms with Gasteiger partial charge in [-0.15, -0.1) is 36.2 Å². The highest BCUT2D eigenvalue weighted by atomic mass is 35.5. The van der Waals surface area contributed by atoms with E-state index >= 15 is 0 Å². The first-order valence-corrected chi connectivity index (χ1v) is 9.97. The van der Waals surface area contributed by atoms with Crippen LogP contribution in [-0.4, -0.2) is 42.5 Å². The van der Waals surface area contributed by atoms with Crippen molar-refractivity contribution in [3.63, 3.8) is 0 Å². The highest BCUT2D eigenvalue weighted by Gasteiger charge is 2.23. The van der Waals surface area contributed by atoms with Gasteiger partial charge in [0.1, 0.15) is 5.01 Å². The van der Waals surface area contributed by atoms with E-state index in [4.69, 9.17) is 0 Å². The van der Waals surface area contributed by atoms with E-state index in [-0.39, 0.29) is 30.7 Å². The maximum absolute atomic E-state index is 12.6. The van der Waals surface area contributed by atoms with Crippen LogP contribution in [0.15, 0.2) is 29.6 Å². The Balaban J connectivity index is 0.00000182. The Kier molecular flexibility index (Phi) is 10.3. The van der Waals surface area contributed by atoms with Crippen LogP contribution in [0.3, 0.4) is 0 Å². The summed E-state index contributed by atoms with van der Waals surface area (Å²) in [5.41, 5.74) is 3.25. The van der Waals surface area contributed by atoms with Crippen LogP contribution in [0.25, 0.3) is 10.6 Å². The Morgan fingerprint density at radius 2 is 2.04 bits per heavy atom. The molecule has 27 heavy (non-hydrogen) atoms. The van der Waals surface area contributed by atoms with Crippen molar-refractivity contribution >= 4 is 42.1 Å². The number of halogens is 2. The van der Waals surface area contributed by atoms with Gasteiger partial charge in [0.15, 0.2) is 0 Å². The first-order valence-electron chi connectivity index (χ1n) is 9.09. The van der Waals surface area contributed by atoms with Crippen LogP contribution in [0, 0.1) is 12.8 Å². The summed E-state index contributed by atoms with van der Waals surface area (Å²) >= 11 is 1.62. The van der Waals surface area contributed by atoms with Crippen LogP contribution in [0.4, 0.5) is 0 Å². The number of aromatic nitrogens is 1. The molecule has 1 aromatic carbocycles. The molecule has 0 atom stereocenters. The lowest BCUT2D eigenvalue weighted by molar-refractivity contribution is -0.131. The summed E-state index contributed by atoms with van der Waals surface area (Å²) in [6, 6.07) is 8.35. The molecule has 0 radical (unpaired) electrons. The standard InChI is InChI=1S/C20H27N3OS.2ClH/c1-15-4-3-5-17(12-15)20-22-18(14-25-20)13-19(24)23-10-7-16(8-11-23)6-9-21-2;;/h3-5,12,14,16,21H,6-11,13H2,1-2H3;2*1H. The number of piperidine rings is 1. The number of thiazole rings is 1. The number of amides is 1. The van der Waals surface area contributed by atoms with E-state index in [0.717, 1.165) is 54.7 Å². The Morgan fingerprint density at radius 1 is 1.30 bits per heavy atom. The summed E-state index contributed by atoms with van der Waals surface area (Å²) in [7, 11) is 2.00. The van der Waals surface area contributed by atoms with E-state index < -0.39 is 0 Å². The average Bonchev–Trinajstić information content (AvgIpc) is 3.09. The van der Waals surface area contributed by atoms with E-state index in [1.54, 1.807) is 11.3 Å². The molecule has 0 bridgehead atoms. The predicted molar refractivity (Wildman–Crippen MR) is 118 cm³/mol. The molecule has 0 aliphatic carbocycles. The fraction of sp³-hybridized carbons (Fsp3) is 0.500. The largest absolute Gasteiger partial charge is 0.342 e. The van der Waals surface area contributed by atoms with Crippen LogP contribution < -0.4 is 5.32 Å². The molecular weight excluding hydrogens is 401 g/mol. The zero-order valence-corrected chi connectivity index (χ0v) is 18.4. The van der Waals surface area contributed by atoms with Gasteiger partial charge in [-0.3, -0.25) is 4.79 Å². The summed E-state index contributed by atoms with van der Waals surface area (Å²) in [5.74, 6) is 0.969. The minimum absolute atomic E-state index is 0. The molecule has 1 N–H and O–H groups in total. The molecule has 1 aliphatic rings. The first kappa shape index (κ1) is 23.9. The Bertz CT molecular complexity index is 715. The minimum atomic E-state index is 0. The summed E-state index contributed by atoms with van der Waals surface area (Å²) in [6.07, 6.45) is 3.88. The molecule has 1 aliphatic heterocycles. The molecular formula is C20H29Cl2N3OS. The summed E-state index contributed by atoms with van der Waals surface area (Å²) in [5, 5.41) is 6.23. The van der Waals surface area contributed by atoms with Gasteiger partial charge in [0.05, 0.1) is 12.1 Å². The van der Waals surface area contributed by atoms with E-state index in [1.807, 2.05) is 17.3 Å². The van der Waals surface area contributed by atoms with Gasteiger partial charge >= 0.3 is 0 Å². The Morgan fingerprint density at radius 3 is 2.70 bits per heavy atom. The van der Waals surface area contributed by atoms with Gasteiger partial charge in [0.25, 0.3) is 0 Å². The average molecular weight is 430 g/mol. The number of carbonyl (C=O) groups excluding carboxylic acids is 1. The quantitative estimate of drug-likeness (QED) is 0.741. The summed E-state index contributed by atoms with van der Waals surface area (Å²) in [6.45, 7) is 4.94. The molecule has 0 unspecified atom stereocenters. The van der Waals surface area contributed by atoms with Crippen molar-refractivity contribution in [3.05, 3.63) is 40.9 Å². The predicted octanol–water partition coefficient (Wildman–Crippen LogP) is 4.35. The van der Waals surface area contributed by atoms with Crippen LogP contribution in [0.1, 0.15) is 30.5 Å². The number of aryl methyl sites for hydroxylation is 1. The molecule has 1 amide bonds. The van der Waals surface area contributed by atoms with Crippen LogP contribution in [0.2, 0.25) is 0 Å². The van der Waals surface area contributed by atoms with Crippen molar-refractivity contribution in [2.45, 2.75) is 32.6 Å². The molecule has 3 rings (SSSR count). The van der Waals surface area contributed by atoms with Gasteiger partial charge in [0, 0.05) is 24.0 Å². The molecule has 2 heterocycles. The number of carbonyl (C=O) groups is 1. The summed E-state index contributed by atoms with van der Waals surface area (Å²) < 4.78 is 0. The maximum Gasteiger partial charge on any atom is 0.228 e. The molecule has 1 saturated heterocycles. The van der Waals surface area contributed by atoms with E-state index in [9.17, 15) is 4.79 Å². The van der Waals surface area contributed by atoms with Crippen molar-refractivity contribution in [1.29, 1.82) is 0 Å². The number of nitrogens with zero attached hydrogens (tertiary/aromatic N) is 2. The molecule has 0 saturated carbocycles. The van der Waals surface area contributed by atoms with Gasteiger partial charge in [-0.2, -0.15) is 0 Å². The molecule has 150 valence electrons. The number of likely N-dealkylation sites (tertiary alicyclic amines) is 1. The minimum Gasteiger partial charge on any atom is -0.342 e. The maximum atomic E-state index is 12.6. The number of hydrogen-bond donors (Lipinski definition) is 1. The van der Waals surface area contributed by atoms with Crippen molar-refractivity contribution < 1.29 is 4.79 Å². The van der Waals surface area contributed by atoms with Crippen LogP contribution >= 0.6 is 36.2 Å². The van der Waals surface area contributed by atoms with Gasteiger partial charge in [-0.1, -0.05) is 23.8 Å². The topological polar surface area (TPSA) is 45.2 Å². The van der Waals surface area contributed by atoms with Gasteiger partial charge in [-0.05, 0) is 51.8 Å². The van der Waals surface area contributed by atoms with E-state index in [1.165, 1.54) is 12.0 Å². The highest BCUT2D eigenvalue weighted by molar-refractivity contribution is 7.13. The number of rotatable bonds is 6. The lowest BCUT2D eigenvalue weighted by atomic mass is 9.93. The Labute approximate surface area is 178 Å². The van der Waals surface area contributed by atoms with Crippen molar-refractivity contribution in [2.24, 2.45) is 5.92 Å². The Hall–Kier alpha value is -1.14. The summed E-state index contributed by atoms with van der Waals surface area (Å²) in [4.78, 5) is 19.3. The second kappa shape index (κ2) is 11.6. The third-order valence-electron chi connectivity index (χ3n) is 4.92. The third kappa shape index (κ3) is 6.75. The van der Waals surface area contributed by atoms with Gasteiger partial charge in [-0.25, -0.2) is 4.98 Å². The first-order chi connectivity index (χ1) is 12.2.